The molecule has 0 atom stereocenters. The van der Waals surface area contributed by atoms with Gasteiger partial charge in [0, 0.05) is 45.0 Å². The van der Waals surface area contributed by atoms with Crippen LogP contribution in [0.4, 0.5) is 5.69 Å². The van der Waals surface area contributed by atoms with E-state index in [4.69, 9.17) is 0 Å². The van der Waals surface area contributed by atoms with Crippen molar-refractivity contribution in [2.45, 2.75) is 13.8 Å². The summed E-state index contributed by atoms with van der Waals surface area (Å²) in [6, 6.07) is 6.14. The molecule has 0 aromatic heterocycles. The number of para-hydroxylation sites is 1. The van der Waals surface area contributed by atoms with Crippen LogP contribution in [0.3, 0.4) is 0 Å². The number of benzene rings is 1. The normalized spacial score (nSPS) is 15.7. The monoisotopic (exact) mass is 290 g/mol. The summed E-state index contributed by atoms with van der Waals surface area (Å²) >= 11 is 0. The number of piperazine rings is 1. The summed E-state index contributed by atoms with van der Waals surface area (Å²) in [4.78, 5) is 14.2. The molecular weight excluding hydrogens is 264 g/mol. The van der Waals surface area contributed by atoms with Gasteiger partial charge in [-0.05, 0) is 25.0 Å². The van der Waals surface area contributed by atoms with E-state index in [2.05, 4.69) is 46.8 Å². The highest BCUT2D eigenvalue weighted by atomic mass is 16.1. The van der Waals surface area contributed by atoms with Crippen LogP contribution in [0.2, 0.25) is 0 Å². The molecule has 2 rings (SSSR count). The molecular formula is C16H26N4O. The van der Waals surface area contributed by atoms with E-state index >= 15 is 0 Å². The molecule has 1 heterocycles. The summed E-state index contributed by atoms with van der Waals surface area (Å²) in [6.07, 6.45) is 0. The van der Waals surface area contributed by atoms with Gasteiger partial charge in [-0.15, -0.1) is 0 Å². The van der Waals surface area contributed by atoms with Crippen molar-refractivity contribution in [1.29, 1.82) is 0 Å². The zero-order chi connectivity index (χ0) is 15.1. The lowest BCUT2D eigenvalue weighted by Crippen LogP contribution is -2.46. The molecule has 1 aromatic rings. The topological polar surface area (TPSA) is 56.4 Å². The second-order valence-corrected chi connectivity index (χ2v) is 5.56. The third kappa shape index (κ3) is 5.02. The van der Waals surface area contributed by atoms with Gasteiger partial charge in [0.05, 0.1) is 6.54 Å². The molecule has 1 amide bonds. The average Bonchev–Trinajstić information content (AvgIpc) is 2.48. The van der Waals surface area contributed by atoms with Crippen molar-refractivity contribution in [3.05, 3.63) is 29.3 Å². The number of hydrogen-bond donors (Lipinski definition) is 3. The fraction of sp³-hybridized carbons (Fsp3) is 0.562. The molecule has 0 radical (unpaired) electrons. The second kappa shape index (κ2) is 8.00. The minimum atomic E-state index is 0.0489. The number of hydrogen-bond acceptors (Lipinski definition) is 4. The standard InChI is InChI=1S/C16H26N4O/c1-13-4-3-5-14(2)16(13)19-12-15(21)18-8-11-20-9-6-17-7-10-20/h3-5,17,19H,6-12H2,1-2H3,(H,18,21). The Morgan fingerprint density at radius 3 is 2.57 bits per heavy atom. The number of carbonyl (C=O) groups excluding carboxylic acids is 1. The summed E-state index contributed by atoms with van der Waals surface area (Å²) in [6.45, 7) is 10.3. The predicted octanol–water partition coefficient (Wildman–Crippen LogP) is 0.737. The fourth-order valence-corrected chi connectivity index (χ4v) is 2.61. The van der Waals surface area contributed by atoms with Crippen LogP contribution in [-0.2, 0) is 4.79 Å². The van der Waals surface area contributed by atoms with Crippen molar-refractivity contribution in [3.8, 4) is 0 Å². The van der Waals surface area contributed by atoms with E-state index in [1.807, 2.05) is 6.07 Å². The number of carbonyl (C=O) groups is 1. The molecule has 1 fully saturated rings. The molecule has 116 valence electrons. The molecule has 0 unspecified atom stereocenters. The van der Waals surface area contributed by atoms with Gasteiger partial charge < -0.3 is 16.0 Å². The van der Waals surface area contributed by atoms with Crippen molar-refractivity contribution in [3.63, 3.8) is 0 Å². The number of nitrogens with one attached hydrogen (secondary N) is 3. The van der Waals surface area contributed by atoms with Gasteiger partial charge in [0.25, 0.3) is 0 Å². The van der Waals surface area contributed by atoms with Crippen LogP contribution in [0.15, 0.2) is 18.2 Å². The van der Waals surface area contributed by atoms with Crippen LogP contribution in [0.1, 0.15) is 11.1 Å². The molecule has 5 nitrogen and oxygen atoms in total. The van der Waals surface area contributed by atoms with Crippen LogP contribution in [-0.4, -0.2) is 56.6 Å². The molecule has 1 aromatic carbocycles. The van der Waals surface area contributed by atoms with E-state index in [0.29, 0.717) is 13.1 Å². The van der Waals surface area contributed by atoms with Crippen molar-refractivity contribution < 1.29 is 4.79 Å². The molecule has 0 spiro atoms. The highest BCUT2D eigenvalue weighted by Crippen LogP contribution is 2.18. The Bertz CT molecular complexity index is 449. The molecule has 0 bridgehead atoms. The quantitative estimate of drug-likeness (QED) is 0.723. The SMILES string of the molecule is Cc1cccc(C)c1NCC(=O)NCCN1CCNCC1. The van der Waals surface area contributed by atoms with Crippen LogP contribution >= 0.6 is 0 Å². The van der Waals surface area contributed by atoms with Crippen molar-refractivity contribution >= 4 is 11.6 Å². The van der Waals surface area contributed by atoms with Crippen molar-refractivity contribution in [2.24, 2.45) is 0 Å². The van der Waals surface area contributed by atoms with Crippen LogP contribution in [0.5, 0.6) is 0 Å². The third-order valence-corrected chi connectivity index (χ3v) is 3.87. The lowest BCUT2D eigenvalue weighted by Gasteiger charge is -2.27. The Hall–Kier alpha value is -1.59. The summed E-state index contributed by atoms with van der Waals surface area (Å²) in [5.41, 5.74) is 3.40. The summed E-state index contributed by atoms with van der Waals surface area (Å²) in [5.74, 6) is 0.0489. The summed E-state index contributed by atoms with van der Waals surface area (Å²) in [7, 11) is 0. The van der Waals surface area contributed by atoms with Gasteiger partial charge in [-0.2, -0.15) is 0 Å². The van der Waals surface area contributed by atoms with E-state index in [0.717, 1.165) is 38.4 Å². The Morgan fingerprint density at radius 1 is 1.24 bits per heavy atom. The number of amides is 1. The summed E-state index contributed by atoms with van der Waals surface area (Å²) < 4.78 is 0. The minimum Gasteiger partial charge on any atom is -0.376 e. The van der Waals surface area contributed by atoms with Gasteiger partial charge in [-0.3, -0.25) is 9.69 Å². The van der Waals surface area contributed by atoms with E-state index in [-0.39, 0.29) is 5.91 Å². The van der Waals surface area contributed by atoms with Gasteiger partial charge >= 0.3 is 0 Å². The Kier molecular flexibility index (Phi) is 6.02. The van der Waals surface area contributed by atoms with Crippen LogP contribution in [0, 0.1) is 13.8 Å². The third-order valence-electron chi connectivity index (χ3n) is 3.87. The number of nitrogens with zero attached hydrogens (tertiary/aromatic N) is 1. The maximum Gasteiger partial charge on any atom is 0.239 e. The Labute approximate surface area is 127 Å². The lowest BCUT2D eigenvalue weighted by molar-refractivity contribution is -0.119. The number of aryl methyl sites for hydroxylation is 2. The van der Waals surface area contributed by atoms with E-state index in [9.17, 15) is 4.79 Å². The predicted molar refractivity (Wildman–Crippen MR) is 86.7 cm³/mol. The maximum absolute atomic E-state index is 11.9. The molecule has 0 aliphatic carbocycles. The second-order valence-electron chi connectivity index (χ2n) is 5.56. The largest absolute Gasteiger partial charge is 0.376 e. The number of rotatable bonds is 6. The highest BCUT2D eigenvalue weighted by Gasteiger charge is 2.09. The van der Waals surface area contributed by atoms with Gasteiger partial charge in [0.2, 0.25) is 5.91 Å². The first-order valence-corrected chi connectivity index (χ1v) is 7.66. The van der Waals surface area contributed by atoms with Gasteiger partial charge in [-0.1, -0.05) is 18.2 Å². The van der Waals surface area contributed by atoms with Crippen LogP contribution in [0.25, 0.3) is 0 Å². The maximum atomic E-state index is 11.9. The lowest BCUT2D eigenvalue weighted by atomic mass is 10.1. The van der Waals surface area contributed by atoms with Crippen molar-refractivity contribution in [1.82, 2.24) is 15.5 Å². The zero-order valence-electron chi connectivity index (χ0n) is 13.0. The Balaban J connectivity index is 1.67. The highest BCUT2D eigenvalue weighted by molar-refractivity contribution is 5.81. The molecule has 5 heteroatoms. The van der Waals surface area contributed by atoms with E-state index in [1.54, 1.807) is 0 Å². The zero-order valence-corrected chi connectivity index (χ0v) is 13.0. The van der Waals surface area contributed by atoms with Gasteiger partial charge in [0.1, 0.15) is 0 Å². The molecule has 0 saturated carbocycles. The average molecular weight is 290 g/mol. The molecule has 21 heavy (non-hydrogen) atoms. The summed E-state index contributed by atoms with van der Waals surface area (Å²) in [5, 5.41) is 9.53. The first-order valence-electron chi connectivity index (χ1n) is 7.66. The molecule has 1 aliphatic rings. The number of anilines is 1. The first-order chi connectivity index (χ1) is 10.2. The molecule has 1 aliphatic heterocycles. The Morgan fingerprint density at radius 2 is 1.90 bits per heavy atom. The van der Waals surface area contributed by atoms with E-state index < -0.39 is 0 Å². The van der Waals surface area contributed by atoms with E-state index in [1.165, 1.54) is 11.1 Å². The van der Waals surface area contributed by atoms with Gasteiger partial charge in [-0.25, -0.2) is 0 Å². The van der Waals surface area contributed by atoms with Crippen LogP contribution < -0.4 is 16.0 Å². The smallest absolute Gasteiger partial charge is 0.239 e. The first kappa shape index (κ1) is 15.8. The molecule has 3 N–H and O–H groups in total. The van der Waals surface area contributed by atoms with Crippen molar-refractivity contribution in [2.75, 3.05) is 51.1 Å². The molecule has 1 saturated heterocycles. The minimum absolute atomic E-state index is 0.0489. The fourth-order valence-electron chi connectivity index (χ4n) is 2.61. The van der Waals surface area contributed by atoms with Gasteiger partial charge in [0.15, 0.2) is 0 Å².